The molecular formula is C17H16ClFN2O. The van der Waals surface area contributed by atoms with Crippen LogP contribution in [0.3, 0.4) is 0 Å². The van der Waals surface area contributed by atoms with Gasteiger partial charge in [-0.1, -0.05) is 23.7 Å². The molecule has 0 radical (unpaired) electrons. The molecule has 0 heterocycles. The fraction of sp³-hybridized carbons (Fsp3) is 0.235. The third kappa shape index (κ3) is 3.07. The lowest BCUT2D eigenvalue weighted by Gasteiger charge is -2.43. The number of carbonyl (C=O) groups is 1. The maximum atomic E-state index is 13.1. The van der Waals surface area contributed by atoms with Crippen molar-refractivity contribution in [2.75, 3.05) is 5.32 Å². The number of anilines is 1. The molecule has 1 aliphatic carbocycles. The molecule has 1 fully saturated rings. The van der Waals surface area contributed by atoms with Gasteiger partial charge >= 0.3 is 6.03 Å². The maximum Gasteiger partial charge on any atom is 0.319 e. The standard InChI is InChI=1S/C17H16ClFN2O/c18-13-4-8-15(9-5-13)20-16(22)21-17(10-1-11-17)12-2-6-14(19)7-3-12/h2-9H,1,10-11H2,(H2,20,21,22). The van der Waals surface area contributed by atoms with Crippen LogP contribution in [0.4, 0.5) is 14.9 Å². The average molecular weight is 319 g/mol. The minimum atomic E-state index is -0.399. The Balaban J connectivity index is 1.71. The fourth-order valence-corrected chi connectivity index (χ4v) is 2.82. The van der Waals surface area contributed by atoms with Gasteiger partial charge in [0.15, 0.2) is 0 Å². The second-order valence-electron chi connectivity index (χ2n) is 5.53. The van der Waals surface area contributed by atoms with Crippen LogP contribution in [-0.4, -0.2) is 6.03 Å². The second kappa shape index (κ2) is 5.97. The largest absolute Gasteiger partial charge is 0.328 e. The van der Waals surface area contributed by atoms with Gasteiger partial charge in [-0.25, -0.2) is 9.18 Å². The van der Waals surface area contributed by atoms with Crippen molar-refractivity contribution in [3.8, 4) is 0 Å². The second-order valence-corrected chi connectivity index (χ2v) is 5.97. The van der Waals surface area contributed by atoms with Gasteiger partial charge < -0.3 is 10.6 Å². The molecule has 2 amide bonds. The van der Waals surface area contributed by atoms with E-state index >= 15 is 0 Å². The van der Waals surface area contributed by atoms with Crippen molar-refractivity contribution in [3.63, 3.8) is 0 Å². The predicted molar refractivity (Wildman–Crippen MR) is 85.5 cm³/mol. The molecule has 2 aromatic rings. The molecule has 2 N–H and O–H groups in total. The molecule has 1 saturated carbocycles. The highest BCUT2D eigenvalue weighted by Gasteiger charge is 2.40. The van der Waals surface area contributed by atoms with Crippen molar-refractivity contribution in [1.82, 2.24) is 5.32 Å². The first kappa shape index (κ1) is 14.9. The average Bonchev–Trinajstić information content (AvgIpc) is 2.46. The Kier molecular flexibility index (Phi) is 4.03. The van der Waals surface area contributed by atoms with Crippen LogP contribution < -0.4 is 10.6 Å². The van der Waals surface area contributed by atoms with Crippen molar-refractivity contribution in [1.29, 1.82) is 0 Å². The summed E-state index contributed by atoms with van der Waals surface area (Å²) in [7, 11) is 0. The third-order valence-corrected chi connectivity index (χ3v) is 4.31. The lowest BCUT2D eigenvalue weighted by atomic mass is 9.72. The van der Waals surface area contributed by atoms with E-state index in [9.17, 15) is 9.18 Å². The molecule has 114 valence electrons. The zero-order valence-corrected chi connectivity index (χ0v) is 12.7. The molecule has 0 unspecified atom stereocenters. The molecule has 0 atom stereocenters. The Morgan fingerprint density at radius 3 is 2.23 bits per heavy atom. The number of carbonyl (C=O) groups excluding carboxylic acids is 1. The summed E-state index contributed by atoms with van der Waals surface area (Å²) in [6, 6.07) is 13.0. The third-order valence-electron chi connectivity index (χ3n) is 4.06. The van der Waals surface area contributed by atoms with Crippen LogP contribution in [0, 0.1) is 5.82 Å². The molecular weight excluding hydrogens is 303 g/mol. The van der Waals surface area contributed by atoms with Gasteiger partial charge in [0, 0.05) is 10.7 Å². The van der Waals surface area contributed by atoms with E-state index in [2.05, 4.69) is 10.6 Å². The molecule has 2 aromatic carbocycles. The molecule has 0 bridgehead atoms. The molecule has 0 aliphatic heterocycles. The van der Waals surface area contributed by atoms with Crippen molar-refractivity contribution < 1.29 is 9.18 Å². The first-order valence-corrected chi connectivity index (χ1v) is 7.56. The minimum Gasteiger partial charge on any atom is -0.328 e. The molecule has 22 heavy (non-hydrogen) atoms. The zero-order chi connectivity index (χ0) is 15.6. The van der Waals surface area contributed by atoms with E-state index in [1.807, 2.05) is 0 Å². The Hall–Kier alpha value is -2.07. The number of rotatable bonds is 3. The number of nitrogens with one attached hydrogen (secondary N) is 2. The normalized spacial score (nSPS) is 15.7. The first-order valence-electron chi connectivity index (χ1n) is 7.18. The summed E-state index contributed by atoms with van der Waals surface area (Å²) < 4.78 is 13.1. The highest BCUT2D eigenvalue weighted by Crippen LogP contribution is 2.41. The van der Waals surface area contributed by atoms with E-state index in [4.69, 9.17) is 11.6 Å². The quantitative estimate of drug-likeness (QED) is 0.847. The highest BCUT2D eigenvalue weighted by atomic mass is 35.5. The Morgan fingerprint density at radius 2 is 1.68 bits per heavy atom. The van der Waals surface area contributed by atoms with Crippen LogP contribution in [0.2, 0.25) is 5.02 Å². The maximum absolute atomic E-state index is 13.1. The van der Waals surface area contributed by atoms with Gasteiger partial charge in [-0.15, -0.1) is 0 Å². The van der Waals surface area contributed by atoms with E-state index < -0.39 is 5.54 Å². The summed E-state index contributed by atoms with van der Waals surface area (Å²) in [5.74, 6) is -0.274. The lowest BCUT2D eigenvalue weighted by Crippen LogP contribution is -2.52. The number of amides is 2. The molecule has 0 aromatic heterocycles. The number of halogens is 2. The van der Waals surface area contributed by atoms with Crippen molar-refractivity contribution in [2.24, 2.45) is 0 Å². The number of urea groups is 1. The van der Waals surface area contributed by atoms with Crippen molar-refractivity contribution in [3.05, 3.63) is 64.9 Å². The fourth-order valence-electron chi connectivity index (χ4n) is 2.70. The summed E-state index contributed by atoms with van der Waals surface area (Å²) in [5.41, 5.74) is 1.21. The summed E-state index contributed by atoms with van der Waals surface area (Å²) in [5, 5.41) is 6.43. The van der Waals surface area contributed by atoms with Gasteiger partial charge in [-0.3, -0.25) is 0 Å². The van der Waals surface area contributed by atoms with Crippen LogP contribution >= 0.6 is 11.6 Å². The highest BCUT2D eigenvalue weighted by molar-refractivity contribution is 6.30. The number of hydrogen-bond acceptors (Lipinski definition) is 1. The first-order chi connectivity index (χ1) is 10.6. The van der Waals surface area contributed by atoms with E-state index in [1.54, 1.807) is 36.4 Å². The van der Waals surface area contributed by atoms with E-state index in [0.29, 0.717) is 10.7 Å². The van der Waals surface area contributed by atoms with Crippen molar-refractivity contribution >= 4 is 23.3 Å². The Morgan fingerprint density at radius 1 is 1.05 bits per heavy atom. The molecule has 0 saturated heterocycles. The smallest absolute Gasteiger partial charge is 0.319 e. The van der Waals surface area contributed by atoms with E-state index in [0.717, 1.165) is 24.8 Å². The SMILES string of the molecule is O=C(Nc1ccc(Cl)cc1)NC1(c2ccc(F)cc2)CCC1. The Labute approximate surface area is 133 Å². The molecule has 5 heteroatoms. The zero-order valence-electron chi connectivity index (χ0n) is 11.9. The minimum absolute atomic E-state index is 0.272. The van der Waals surface area contributed by atoms with Gasteiger partial charge in [0.25, 0.3) is 0 Å². The number of benzene rings is 2. The van der Waals surface area contributed by atoms with E-state index in [1.165, 1.54) is 12.1 Å². The van der Waals surface area contributed by atoms with Crippen LogP contribution in [0.5, 0.6) is 0 Å². The molecule has 1 aliphatic rings. The van der Waals surface area contributed by atoms with Crippen LogP contribution in [0.1, 0.15) is 24.8 Å². The molecule has 3 rings (SSSR count). The van der Waals surface area contributed by atoms with Crippen molar-refractivity contribution in [2.45, 2.75) is 24.8 Å². The molecule has 3 nitrogen and oxygen atoms in total. The lowest BCUT2D eigenvalue weighted by molar-refractivity contribution is 0.185. The summed E-state index contributed by atoms with van der Waals surface area (Å²) in [4.78, 5) is 12.2. The van der Waals surface area contributed by atoms with Crippen LogP contribution in [0.25, 0.3) is 0 Å². The van der Waals surface area contributed by atoms with Crippen LogP contribution in [-0.2, 0) is 5.54 Å². The van der Waals surface area contributed by atoms with Gasteiger partial charge in [-0.05, 0) is 61.2 Å². The number of hydrogen-bond donors (Lipinski definition) is 2. The monoisotopic (exact) mass is 318 g/mol. The van der Waals surface area contributed by atoms with Gasteiger partial charge in [-0.2, -0.15) is 0 Å². The summed E-state index contributed by atoms with van der Waals surface area (Å²) in [6.45, 7) is 0. The Bertz CT molecular complexity index is 666. The predicted octanol–water partition coefficient (Wildman–Crippen LogP) is 4.68. The van der Waals surface area contributed by atoms with Gasteiger partial charge in [0.05, 0.1) is 5.54 Å². The van der Waals surface area contributed by atoms with Crippen LogP contribution in [0.15, 0.2) is 48.5 Å². The molecule has 0 spiro atoms. The summed E-state index contributed by atoms with van der Waals surface area (Å²) >= 11 is 5.82. The topological polar surface area (TPSA) is 41.1 Å². The van der Waals surface area contributed by atoms with E-state index in [-0.39, 0.29) is 11.8 Å². The van der Waals surface area contributed by atoms with Gasteiger partial charge in [0.1, 0.15) is 5.82 Å². The van der Waals surface area contributed by atoms with Gasteiger partial charge in [0.2, 0.25) is 0 Å². The summed E-state index contributed by atoms with van der Waals surface area (Å²) in [6.07, 6.45) is 2.75.